The molecule has 0 aromatic heterocycles. The highest BCUT2D eigenvalue weighted by atomic mass is 35.5. The van der Waals surface area contributed by atoms with E-state index in [4.69, 9.17) is 23.2 Å². The molecule has 0 aliphatic heterocycles. The summed E-state index contributed by atoms with van der Waals surface area (Å²) in [5.41, 5.74) is 0.964. The minimum Gasteiger partial charge on any atom is -0.325 e. The molecule has 4 nitrogen and oxygen atoms in total. The Kier molecular flexibility index (Phi) is 5.45. The molecule has 0 fully saturated rings. The van der Waals surface area contributed by atoms with E-state index in [2.05, 4.69) is 5.32 Å². The molecule has 0 atom stereocenters. The summed E-state index contributed by atoms with van der Waals surface area (Å²) in [5, 5.41) is 3.22. The largest absolute Gasteiger partial charge is 0.325 e. The monoisotopic (exact) mass is 357 g/mol. The minimum atomic E-state index is -3.63. The molecule has 2 rings (SSSR count). The van der Waals surface area contributed by atoms with Crippen LogP contribution in [0.25, 0.3) is 0 Å². The average Bonchev–Trinajstić information content (AvgIpc) is 2.42. The van der Waals surface area contributed by atoms with Gasteiger partial charge in [0.05, 0.1) is 5.75 Å². The van der Waals surface area contributed by atoms with Crippen LogP contribution in [0, 0.1) is 0 Å². The Bertz CT molecular complexity index is 777. The van der Waals surface area contributed by atoms with E-state index >= 15 is 0 Å². The third kappa shape index (κ3) is 5.02. The summed E-state index contributed by atoms with van der Waals surface area (Å²) in [6.45, 7) is 0. The first-order valence-electron chi connectivity index (χ1n) is 6.35. The van der Waals surface area contributed by atoms with E-state index in [0.29, 0.717) is 16.3 Å². The highest BCUT2D eigenvalue weighted by Crippen LogP contribution is 2.23. The topological polar surface area (TPSA) is 63.2 Å². The fraction of sp³-hybridized carbons (Fsp3) is 0.133. The number of hydrogen-bond acceptors (Lipinski definition) is 3. The summed E-state index contributed by atoms with van der Waals surface area (Å²) >= 11 is 11.7. The van der Waals surface area contributed by atoms with Crippen molar-refractivity contribution in [1.82, 2.24) is 0 Å². The number of carbonyl (C=O) groups is 1. The highest BCUT2D eigenvalue weighted by molar-refractivity contribution is 7.91. The number of benzene rings is 2. The van der Waals surface area contributed by atoms with Crippen LogP contribution in [-0.4, -0.2) is 20.1 Å². The maximum atomic E-state index is 12.1. The minimum absolute atomic E-state index is 0.263. The zero-order valence-corrected chi connectivity index (χ0v) is 13.8. The second-order valence-corrected chi connectivity index (χ2v) is 7.59. The van der Waals surface area contributed by atoms with Gasteiger partial charge in [0.15, 0.2) is 9.84 Å². The lowest BCUT2D eigenvalue weighted by molar-refractivity contribution is -0.113. The summed E-state index contributed by atoms with van der Waals surface area (Å²) < 4.78 is 24.2. The second kappa shape index (κ2) is 7.13. The SMILES string of the molecule is O=C(CS(=O)(=O)Cc1ccc(Cl)cc1Cl)Nc1ccccc1. The average molecular weight is 358 g/mol. The van der Waals surface area contributed by atoms with Gasteiger partial charge in [-0.2, -0.15) is 0 Å². The normalized spacial score (nSPS) is 11.2. The van der Waals surface area contributed by atoms with Crippen molar-refractivity contribution in [2.45, 2.75) is 5.75 Å². The fourth-order valence-electron chi connectivity index (χ4n) is 1.84. The number of amides is 1. The van der Waals surface area contributed by atoms with Crippen LogP contribution in [0.2, 0.25) is 10.0 Å². The molecular weight excluding hydrogens is 345 g/mol. The lowest BCUT2D eigenvalue weighted by atomic mass is 10.2. The molecule has 0 aliphatic carbocycles. The van der Waals surface area contributed by atoms with Crippen LogP contribution >= 0.6 is 23.2 Å². The van der Waals surface area contributed by atoms with Crippen LogP contribution < -0.4 is 5.32 Å². The zero-order valence-electron chi connectivity index (χ0n) is 11.4. The Balaban J connectivity index is 2.03. The molecule has 0 spiro atoms. The summed E-state index contributed by atoms with van der Waals surface area (Å²) in [6.07, 6.45) is 0. The molecule has 2 aromatic carbocycles. The summed E-state index contributed by atoms with van der Waals surface area (Å²) in [5.74, 6) is -1.51. The third-order valence-corrected chi connectivity index (χ3v) is 4.84. The third-order valence-electron chi connectivity index (χ3n) is 2.80. The zero-order chi connectivity index (χ0) is 16.2. The molecule has 7 heteroatoms. The predicted molar refractivity (Wildman–Crippen MR) is 89.0 cm³/mol. The van der Waals surface area contributed by atoms with E-state index in [1.54, 1.807) is 36.4 Å². The first kappa shape index (κ1) is 16.8. The van der Waals surface area contributed by atoms with Crippen molar-refractivity contribution >= 4 is 44.6 Å². The first-order chi connectivity index (χ1) is 10.4. The van der Waals surface area contributed by atoms with Gasteiger partial charge in [-0.15, -0.1) is 0 Å². The fourth-order valence-corrected chi connectivity index (χ4v) is 3.70. The van der Waals surface area contributed by atoms with Gasteiger partial charge >= 0.3 is 0 Å². The van der Waals surface area contributed by atoms with Crippen LogP contribution in [0.1, 0.15) is 5.56 Å². The Morgan fingerprint density at radius 3 is 2.36 bits per heavy atom. The van der Waals surface area contributed by atoms with Crippen LogP contribution in [-0.2, 0) is 20.4 Å². The van der Waals surface area contributed by atoms with Crippen molar-refractivity contribution < 1.29 is 13.2 Å². The second-order valence-electron chi connectivity index (χ2n) is 4.68. The molecule has 0 bridgehead atoms. The van der Waals surface area contributed by atoms with Crippen LogP contribution in [0.4, 0.5) is 5.69 Å². The van der Waals surface area contributed by atoms with Gasteiger partial charge in [-0.3, -0.25) is 4.79 Å². The summed E-state index contributed by atoms with van der Waals surface area (Å²) in [6, 6.07) is 13.2. The van der Waals surface area contributed by atoms with Crippen molar-refractivity contribution in [2.24, 2.45) is 0 Å². The first-order valence-corrected chi connectivity index (χ1v) is 8.93. The highest BCUT2D eigenvalue weighted by Gasteiger charge is 2.19. The molecule has 0 heterocycles. The molecule has 2 aromatic rings. The van der Waals surface area contributed by atoms with E-state index in [9.17, 15) is 13.2 Å². The van der Waals surface area contributed by atoms with Gasteiger partial charge in [-0.25, -0.2) is 8.42 Å². The predicted octanol–water partition coefficient (Wildman–Crippen LogP) is 3.55. The summed E-state index contributed by atoms with van der Waals surface area (Å²) in [7, 11) is -3.63. The quantitative estimate of drug-likeness (QED) is 0.889. The van der Waals surface area contributed by atoms with Crippen molar-refractivity contribution in [2.75, 3.05) is 11.1 Å². The molecule has 0 unspecified atom stereocenters. The van der Waals surface area contributed by atoms with E-state index in [0.717, 1.165) is 0 Å². The van der Waals surface area contributed by atoms with Crippen molar-refractivity contribution in [1.29, 1.82) is 0 Å². The Hall–Kier alpha value is -1.56. The van der Waals surface area contributed by atoms with E-state index in [1.165, 1.54) is 12.1 Å². The number of hydrogen-bond donors (Lipinski definition) is 1. The maximum Gasteiger partial charge on any atom is 0.239 e. The van der Waals surface area contributed by atoms with Gasteiger partial charge < -0.3 is 5.32 Å². The van der Waals surface area contributed by atoms with E-state index in [1.807, 2.05) is 0 Å². The molecule has 116 valence electrons. The van der Waals surface area contributed by atoms with E-state index in [-0.39, 0.29) is 10.8 Å². The molecule has 22 heavy (non-hydrogen) atoms. The lowest BCUT2D eigenvalue weighted by Crippen LogP contribution is -2.24. The van der Waals surface area contributed by atoms with Crippen molar-refractivity contribution in [3.63, 3.8) is 0 Å². The number of sulfone groups is 1. The number of rotatable bonds is 5. The van der Waals surface area contributed by atoms with Crippen LogP contribution in [0.3, 0.4) is 0 Å². The molecule has 1 N–H and O–H groups in total. The van der Waals surface area contributed by atoms with Gasteiger partial charge in [0, 0.05) is 15.7 Å². The molecule has 0 radical (unpaired) electrons. The lowest BCUT2D eigenvalue weighted by Gasteiger charge is -2.08. The number of halogens is 2. The Labute approximate surface area is 139 Å². The standard InChI is InChI=1S/C15H13Cl2NO3S/c16-12-7-6-11(14(17)8-12)9-22(20,21)10-15(19)18-13-4-2-1-3-5-13/h1-8H,9-10H2,(H,18,19). The smallest absolute Gasteiger partial charge is 0.239 e. The van der Waals surface area contributed by atoms with Gasteiger partial charge in [-0.1, -0.05) is 47.5 Å². The maximum absolute atomic E-state index is 12.1. The molecule has 0 saturated carbocycles. The van der Waals surface area contributed by atoms with Gasteiger partial charge in [0.2, 0.25) is 5.91 Å². The number of anilines is 1. The number of carbonyl (C=O) groups excluding carboxylic acids is 1. The van der Waals surface area contributed by atoms with Crippen LogP contribution in [0.15, 0.2) is 48.5 Å². The number of para-hydroxylation sites is 1. The van der Waals surface area contributed by atoms with Gasteiger partial charge in [-0.05, 0) is 29.8 Å². The Morgan fingerprint density at radius 2 is 1.73 bits per heavy atom. The summed E-state index contributed by atoms with van der Waals surface area (Å²) in [4.78, 5) is 11.8. The molecule has 0 saturated heterocycles. The van der Waals surface area contributed by atoms with Gasteiger partial charge in [0.1, 0.15) is 5.75 Å². The molecule has 0 aliphatic rings. The van der Waals surface area contributed by atoms with Crippen molar-refractivity contribution in [3.05, 3.63) is 64.1 Å². The molecular formula is C15H13Cl2NO3S. The van der Waals surface area contributed by atoms with Crippen molar-refractivity contribution in [3.8, 4) is 0 Å². The van der Waals surface area contributed by atoms with E-state index < -0.39 is 21.5 Å². The molecule has 1 amide bonds. The van der Waals surface area contributed by atoms with Crippen LogP contribution in [0.5, 0.6) is 0 Å². The Morgan fingerprint density at radius 1 is 1.05 bits per heavy atom. The number of nitrogens with one attached hydrogen (secondary N) is 1. The van der Waals surface area contributed by atoms with Gasteiger partial charge in [0.25, 0.3) is 0 Å².